The molecule has 0 amide bonds. The molecule has 1 saturated heterocycles. The first-order valence-corrected chi connectivity index (χ1v) is 15.3. The quantitative estimate of drug-likeness (QED) is 0.123. The molecule has 2 aromatic heterocycles. The molecule has 5 N–H and O–H groups in total. The second kappa shape index (κ2) is 12.3. The molecule has 17 heteroatoms. The summed E-state index contributed by atoms with van der Waals surface area (Å²) in [6.45, 7) is 1.40. The average Bonchev–Trinajstić information content (AvgIpc) is 3.62. The Morgan fingerprint density at radius 2 is 2.10 bits per heavy atom. The molecule has 1 aromatic carbocycles. The number of benzene rings is 1. The lowest BCUT2D eigenvalue weighted by molar-refractivity contribution is -0.144. The molecule has 3 aromatic rings. The van der Waals surface area contributed by atoms with E-state index < -0.39 is 56.3 Å². The molecule has 42 heavy (non-hydrogen) atoms. The second-order valence-corrected chi connectivity index (χ2v) is 12.4. The summed E-state index contributed by atoms with van der Waals surface area (Å²) < 4.78 is 51.9. The molecule has 6 atom stereocenters. The smallest absolute Gasteiger partial charge is 0.459 e. The number of hydrogen-bond acceptors (Lipinski definition) is 12. The first-order chi connectivity index (χ1) is 20.1. The van der Waals surface area contributed by atoms with E-state index in [9.17, 15) is 18.9 Å². The number of nitrogens with one attached hydrogen (secondary N) is 2. The normalized spacial score (nSPS) is 26.1. The van der Waals surface area contributed by atoms with Crippen molar-refractivity contribution in [2.24, 2.45) is 0 Å². The van der Waals surface area contributed by atoms with E-state index in [1.54, 1.807) is 37.3 Å². The maximum Gasteiger partial charge on any atom is 0.459 e. The summed E-state index contributed by atoms with van der Waals surface area (Å²) in [5.74, 6) is -0.134. The largest absolute Gasteiger partial charge is 0.465 e. The van der Waals surface area contributed by atoms with Crippen LogP contribution >= 0.6 is 19.3 Å². The zero-order valence-corrected chi connectivity index (χ0v) is 24.5. The van der Waals surface area contributed by atoms with Crippen LogP contribution in [0.25, 0.3) is 11.2 Å². The SMILES string of the molecule is CCOC(=O)C(C)NP(=O)(OC[C@H]1O[C@@H](n2cnc3c(NC4CC4)nc(N)nc32)[C@@](Cl)(CF)[C@@H]1O)Oc1ccccc1. The summed E-state index contributed by atoms with van der Waals surface area (Å²) in [5.41, 5.74) is 6.51. The van der Waals surface area contributed by atoms with Crippen LogP contribution in [-0.4, -0.2) is 79.6 Å². The molecule has 0 spiro atoms. The maximum absolute atomic E-state index is 14.5. The Morgan fingerprint density at radius 1 is 1.36 bits per heavy atom. The molecule has 1 aliphatic heterocycles. The van der Waals surface area contributed by atoms with Crippen LogP contribution in [0.15, 0.2) is 36.7 Å². The molecule has 0 radical (unpaired) electrons. The number of carbonyl (C=O) groups excluding carboxylic acids is 1. The Hall–Kier alpha value is -3.07. The molecule has 0 bridgehead atoms. The highest BCUT2D eigenvalue weighted by molar-refractivity contribution is 7.52. The summed E-state index contributed by atoms with van der Waals surface area (Å²) in [6.07, 6.45) is -0.940. The Kier molecular flexibility index (Phi) is 8.88. The topological polar surface area (TPSA) is 185 Å². The van der Waals surface area contributed by atoms with Gasteiger partial charge in [-0.15, -0.1) is 11.6 Å². The summed E-state index contributed by atoms with van der Waals surface area (Å²) in [6, 6.07) is 7.29. The van der Waals surface area contributed by atoms with E-state index in [0.29, 0.717) is 11.3 Å². The highest BCUT2D eigenvalue weighted by Gasteiger charge is 2.57. The van der Waals surface area contributed by atoms with Crippen molar-refractivity contribution in [2.45, 2.75) is 62.1 Å². The maximum atomic E-state index is 14.5. The van der Waals surface area contributed by atoms with Gasteiger partial charge in [-0.25, -0.2) is 13.9 Å². The molecule has 2 aliphatic rings. The van der Waals surface area contributed by atoms with Crippen LogP contribution in [0.5, 0.6) is 5.75 Å². The number of aliphatic hydroxyl groups excluding tert-OH is 1. The molecule has 14 nitrogen and oxygen atoms in total. The minimum atomic E-state index is -4.29. The predicted molar refractivity (Wildman–Crippen MR) is 151 cm³/mol. The van der Waals surface area contributed by atoms with Gasteiger partial charge in [-0.05, 0) is 38.8 Å². The molecule has 5 rings (SSSR count). The van der Waals surface area contributed by atoms with Crippen molar-refractivity contribution in [1.29, 1.82) is 0 Å². The van der Waals surface area contributed by atoms with Crippen molar-refractivity contribution in [1.82, 2.24) is 24.6 Å². The van der Waals surface area contributed by atoms with Crippen molar-refractivity contribution in [2.75, 3.05) is 30.9 Å². The number of fused-ring (bicyclic) bond motifs is 1. The third-order valence-corrected chi connectivity index (χ3v) is 8.90. The lowest BCUT2D eigenvalue weighted by Gasteiger charge is -2.27. The minimum Gasteiger partial charge on any atom is -0.465 e. The van der Waals surface area contributed by atoms with Crippen LogP contribution in [-0.2, 0) is 23.4 Å². The number of nitrogens with zero attached hydrogens (tertiary/aromatic N) is 4. The number of anilines is 2. The van der Waals surface area contributed by atoms with Gasteiger partial charge in [0.2, 0.25) is 5.95 Å². The zero-order valence-electron chi connectivity index (χ0n) is 22.9. The number of aliphatic hydroxyl groups is 1. The van der Waals surface area contributed by atoms with Gasteiger partial charge >= 0.3 is 13.7 Å². The number of aromatic nitrogens is 4. The molecular weight excluding hydrogens is 596 g/mol. The number of para-hydroxylation sites is 1. The Morgan fingerprint density at radius 3 is 2.76 bits per heavy atom. The number of alkyl halides is 2. The van der Waals surface area contributed by atoms with Gasteiger partial charge in [-0.2, -0.15) is 15.1 Å². The first-order valence-electron chi connectivity index (χ1n) is 13.4. The van der Waals surface area contributed by atoms with Crippen LogP contribution in [0.3, 0.4) is 0 Å². The number of imidazole rings is 1. The highest BCUT2D eigenvalue weighted by atomic mass is 35.5. The Labute approximate surface area is 245 Å². The van der Waals surface area contributed by atoms with Crippen LogP contribution in [0, 0.1) is 0 Å². The van der Waals surface area contributed by atoms with E-state index >= 15 is 0 Å². The van der Waals surface area contributed by atoms with Crippen LogP contribution in [0.1, 0.15) is 32.9 Å². The molecule has 228 valence electrons. The fourth-order valence-corrected chi connectivity index (χ4v) is 6.25. The molecule has 2 unspecified atom stereocenters. The van der Waals surface area contributed by atoms with Gasteiger partial charge in [-0.3, -0.25) is 13.9 Å². The van der Waals surface area contributed by atoms with Gasteiger partial charge in [0.05, 0.1) is 19.5 Å². The first kappa shape index (κ1) is 30.4. The van der Waals surface area contributed by atoms with E-state index in [1.165, 1.54) is 17.8 Å². The number of nitrogens with two attached hydrogens (primary N) is 1. The van der Waals surface area contributed by atoms with Gasteiger partial charge in [0.1, 0.15) is 35.5 Å². The summed E-state index contributed by atoms with van der Waals surface area (Å²) in [4.78, 5) is 23.1. The van der Waals surface area contributed by atoms with Gasteiger partial charge < -0.3 is 30.2 Å². The summed E-state index contributed by atoms with van der Waals surface area (Å²) in [7, 11) is -4.29. The molecule has 1 aliphatic carbocycles. The van der Waals surface area contributed by atoms with E-state index in [4.69, 9.17) is 35.9 Å². The van der Waals surface area contributed by atoms with E-state index in [1.807, 2.05) is 0 Å². The van der Waals surface area contributed by atoms with Crippen LogP contribution in [0.2, 0.25) is 0 Å². The van der Waals surface area contributed by atoms with Crippen molar-refractivity contribution >= 4 is 48.2 Å². The number of ether oxygens (including phenoxy) is 2. The number of esters is 1. The van der Waals surface area contributed by atoms with Gasteiger partial charge in [0.25, 0.3) is 0 Å². The van der Waals surface area contributed by atoms with Crippen LogP contribution in [0.4, 0.5) is 16.2 Å². The van der Waals surface area contributed by atoms with E-state index in [-0.39, 0.29) is 30.0 Å². The summed E-state index contributed by atoms with van der Waals surface area (Å²) in [5, 5.41) is 16.9. The standard InChI is InChI=1S/C25H32ClFN7O7P/c1-3-38-22(36)14(2)33-42(37,41-16-7-5-4-6-8-16)39-11-17-19(35)25(26,12-27)23(40-17)34-13-29-18-20(30-15-9-10-15)31-24(28)32-21(18)34/h4-8,13-15,17,19,23,35H,3,9-12H2,1-2H3,(H,33,37)(H3,28,30,31,32)/t14?,17-,19-,23-,25-,42?/m1/s1. The Bertz CT molecular complexity index is 1470. The number of halogens is 2. The van der Waals surface area contributed by atoms with Crippen LogP contribution < -0.4 is 20.7 Å². The van der Waals surface area contributed by atoms with Crippen molar-refractivity contribution in [3.63, 3.8) is 0 Å². The monoisotopic (exact) mass is 627 g/mol. The third-order valence-electron chi connectivity index (χ3n) is 6.74. The number of nitrogen functional groups attached to an aromatic ring is 1. The summed E-state index contributed by atoms with van der Waals surface area (Å²) >= 11 is 6.65. The fourth-order valence-electron chi connectivity index (χ4n) is 4.45. The fraction of sp³-hybridized carbons (Fsp3) is 0.520. The lowest BCUT2D eigenvalue weighted by atomic mass is 10.0. The highest BCUT2D eigenvalue weighted by Crippen LogP contribution is 2.49. The van der Waals surface area contributed by atoms with Crippen molar-refractivity contribution < 1.29 is 37.4 Å². The predicted octanol–water partition coefficient (Wildman–Crippen LogP) is 2.93. The van der Waals surface area contributed by atoms with Crippen molar-refractivity contribution in [3.8, 4) is 5.75 Å². The molecular formula is C25H32ClFN7O7P. The Balaban J connectivity index is 1.39. The zero-order chi connectivity index (χ0) is 30.1. The van der Waals surface area contributed by atoms with Crippen molar-refractivity contribution in [3.05, 3.63) is 36.7 Å². The minimum absolute atomic E-state index is 0.0490. The van der Waals surface area contributed by atoms with Gasteiger partial charge in [0.15, 0.2) is 23.2 Å². The number of carbonyl (C=O) groups is 1. The average molecular weight is 628 g/mol. The number of hydrogen-bond donors (Lipinski definition) is 4. The lowest BCUT2D eigenvalue weighted by Crippen LogP contribution is -2.44. The number of rotatable bonds is 13. The van der Waals surface area contributed by atoms with E-state index in [0.717, 1.165) is 12.8 Å². The third kappa shape index (κ3) is 6.31. The van der Waals surface area contributed by atoms with Gasteiger partial charge in [-0.1, -0.05) is 18.2 Å². The molecule has 1 saturated carbocycles. The van der Waals surface area contributed by atoms with E-state index in [2.05, 4.69) is 25.4 Å². The molecule has 3 heterocycles. The second-order valence-electron chi connectivity index (χ2n) is 10.0. The van der Waals surface area contributed by atoms with Gasteiger partial charge in [0, 0.05) is 6.04 Å². The molecule has 2 fully saturated rings.